The van der Waals surface area contributed by atoms with Crippen LogP contribution < -0.4 is 10.1 Å². The number of hydrogen-bond acceptors (Lipinski definition) is 3. The van der Waals surface area contributed by atoms with Crippen LogP contribution in [0, 0.1) is 0 Å². The van der Waals surface area contributed by atoms with Gasteiger partial charge in [-0.15, -0.1) is 0 Å². The van der Waals surface area contributed by atoms with Crippen LogP contribution in [0.15, 0.2) is 36.4 Å². The van der Waals surface area contributed by atoms with Crippen molar-refractivity contribution in [1.82, 2.24) is 5.32 Å². The molecular weight excluding hydrogens is 262 g/mol. The molecule has 112 valence electrons. The Hall–Kier alpha value is -1.58. The fraction of sp³-hybridized carbons (Fsp3) is 0.444. The molecule has 2 aromatic rings. The quantitative estimate of drug-likeness (QED) is 0.888. The lowest BCUT2D eigenvalue weighted by Gasteiger charge is -2.43. The molecule has 0 bridgehead atoms. The molecule has 0 spiro atoms. The third-order valence-electron chi connectivity index (χ3n) is 4.15. The third-order valence-corrected chi connectivity index (χ3v) is 4.15. The van der Waals surface area contributed by atoms with Crippen LogP contribution in [0.2, 0.25) is 0 Å². The summed E-state index contributed by atoms with van der Waals surface area (Å²) in [6, 6.07) is 12.5. The Balaban J connectivity index is 2.20. The van der Waals surface area contributed by atoms with Crippen LogP contribution in [0.25, 0.3) is 10.8 Å². The summed E-state index contributed by atoms with van der Waals surface area (Å²) < 4.78 is 6.17. The average Bonchev–Trinajstić information content (AvgIpc) is 2.43. The zero-order valence-electron chi connectivity index (χ0n) is 13.1. The van der Waals surface area contributed by atoms with E-state index in [0.717, 1.165) is 22.1 Å². The zero-order chi connectivity index (χ0) is 15.2. The number of hydrogen-bond donors (Lipinski definition) is 2. The van der Waals surface area contributed by atoms with Gasteiger partial charge in [0.05, 0.1) is 6.04 Å². The molecule has 0 saturated heterocycles. The van der Waals surface area contributed by atoms with Crippen molar-refractivity contribution in [3.8, 4) is 5.75 Å². The van der Waals surface area contributed by atoms with Crippen LogP contribution >= 0.6 is 0 Å². The molecule has 21 heavy (non-hydrogen) atoms. The third kappa shape index (κ3) is 2.41. The molecule has 3 nitrogen and oxygen atoms in total. The number of fused-ring (bicyclic) bond motifs is 3. The summed E-state index contributed by atoms with van der Waals surface area (Å²) in [5, 5.41) is 16.4. The maximum atomic E-state index is 10.7. The van der Waals surface area contributed by atoms with Crippen molar-refractivity contribution >= 4 is 10.8 Å². The summed E-state index contributed by atoms with van der Waals surface area (Å²) in [4.78, 5) is 0. The highest BCUT2D eigenvalue weighted by Gasteiger charge is 2.43. The second kappa shape index (κ2) is 5.00. The van der Waals surface area contributed by atoms with E-state index in [1.165, 1.54) is 0 Å². The molecule has 0 unspecified atom stereocenters. The lowest BCUT2D eigenvalue weighted by atomic mass is 9.85. The first-order chi connectivity index (χ1) is 9.90. The van der Waals surface area contributed by atoms with Gasteiger partial charge in [-0.25, -0.2) is 0 Å². The normalized spacial score (nSPS) is 23.9. The van der Waals surface area contributed by atoms with Gasteiger partial charge in [-0.2, -0.15) is 0 Å². The molecule has 3 rings (SSSR count). The smallest absolute Gasteiger partial charge is 0.132 e. The van der Waals surface area contributed by atoms with Crippen molar-refractivity contribution < 1.29 is 9.84 Å². The van der Waals surface area contributed by atoms with Gasteiger partial charge < -0.3 is 15.2 Å². The average molecular weight is 285 g/mol. The minimum atomic E-state index is -0.621. The molecule has 1 aliphatic heterocycles. The molecule has 0 aromatic heterocycles. The molecule has 0 radical (unpaired) electrons. The fourth-order valence-electron chi connectivity index (χ4n) is 3.05. The Morgan fingerprint density at radius 3 is 2.57 bits per heavy atom. The molecular formula is C18H23NO2. The molecule has 2 atom stereocenters. The SMILES string of the molecule is CC(C)N[C@H]1c2ccc3ccccc3c2OC(C)(C)[C@@H]1O. The summed E-state index contributed by atoms with van der Waals surface area (Å²) in [7, 11) is 0. The maximum absolute atomic E-state index is 10.7. The molecule has 2 N–H and O–H groups in total. The van der Waals surface area contributed by atoms with Gasteiger partial charge in [0.2, 0.25) is 0 Å². The fourth-order valence-corrected chi connectivity index (χ4v) is 3.05. The molecule has 0 aliphatic carbocycles. The largest absolute Gasteiger partial charge is 0.484 e. The zero-order valence-corrected chi connectivity index (χ0v) is 13.1. The Bertz CT molecular complexity index is 663. The van der Waals surface area contributed by atoms with Crippen molar-refractivity contribution in [2.75, 3.05) is 0 Å². The molecule has 1 heterocycles. The highest BCUT2D eigenvalue weighted by molar-refractivity contribution is 5.90. The Morgan fingerprint density at radius 2 is 1.86 bits per heavy atom. The monoisotopic (exact) mass is 285 g/mol. The number of ether oxygens (including phenoxy) is 1. The van der Waals surface area contributed by atoms with E-state index in [0.29, 0.717) is 0 Å². The van der Waals surface area contributed by atoms with Crippen LogP contribution in [-0.4, -0.2) is 22.9 Å². The standard InChI is InChI=1S/C18H23NO2/c1-11(2)19-15-14-10-9-12-7-5-6-8-13(12)16(14)21-18(3,4)17(15)20/h5-11,15,17,19-20H,1-4H3/t15-,17+/m0/s1. The minimum absolute atomic E-state index is 0.117. The minimum Gasteiger partial charge on any atom is -0.484 e. The van der Waals surface area contributed by atoms with E-state index in [2.05, 4.69) is 43.4 Å². The Morgan fingerprint density at radius 1 is 1.14 bits per heavy atom. The van der Waals surface area contributed by atoms with E-state index in [9.17, 15) is 5.11 Å². The summed E-state index contributed by atoms with van der Waals surface area (Å²) >= 11 is 0. The molecule has 0 fully saturated rings. The molecule has 0 saturated carbocycles. The number of nitrogens with one attached hydrogen (secondary N) is 1. The van der Waals surface area contributed by atoms with Gasteiger partial charge in [0.15, 0.2) is 0 Å². The van der Waals surface area contributed by atoms with Crippen LogP contribution in [0.1, 0.15) is 39.3 Å². The van der Waals surface area contributed by atoms with Crippen molar-refractivity contribution in [2.24, 2.45) is 0 Å². The van der Waals surface area contributed by atoms with E-state index >= 15 is 0 Å². The van der Waals surface area contributed by atoms with Gasteiger partial charge in [0, 0.05) is 17.0 Å². The van der Waals surface area contributed by atoms with E-state index < -0.39 is 11.7 Å². The predicted octanol–water partition coefficient (Wildman–Crippen LogP) is 3.41. The van der Waals surface area contributed by atoms with Gasteiger partial charge >= 0.3 is 0 Å². The Kier molecular flexibility index (Phi) is 3.42. The van der Waals surface area contributed by atoms with Gasteiger partial charge in [-0.1, -0.05) is 50.2 Å². The van der Waals surface area contributed by atoms with Crippen LogP contribution in [0.5, 0.6) is 5.75 Å². The van der Waals surface area contributed by atoms with Gasteiger partial charge in [0.1, 0.15) is 17.5 Å². The topological polar surface area (TPSA) is 41.5 Å². The van der Waals surface area contributed by atoms with Gasteiger partial charge in [0.25, 0.3) is 0 Å². The lowest BCUT2D eigenvalue weighted by molar-refractivity contribution is -0.0648. The van der Waals surface area contributed by atoms with Crippen molar-refractivity contribution in [3.63, 3.8) is 0 Å². The summed E-state index contributed by atoms with van der Waals surface area (Å²) in [6.45, 7) is 8.07. The number of aliphatic hydroxyl groups is 1. The summed E-state index contributed by atoms with van der Waals surface area (Å²) in [6.07, 6.45) is -0.589. The maximum Gasteiger partial charge on any atom is 0.132 e. The predicted molar refractivity (Wildman–Crippen MR) is 85.7 cm³/mol. The van der Waals surface area contributed by atoms with Crippen LogP contribution in [0.4, 0.5) is 0 Å². The first kappa shape index (κ1) is 14.4. The molecule has 2 aromatic carbocycles. The first-order valence-electron chi connectivity index (χ1n) is 7.55. The first-order valence-corrected chi connectivity index (χ1v) is 7.55. The van der Waals surface area contributed by atoms with E-state index in [1.54, 1.807) is 0 Å². The number of rotatable bonds is 2. The molecule has 1 aliphatic rings. The molecule has 0 amide bonds. The molecule has 3 heteroatoms. The summed E-state index contributed by atoms with van der Waals surface area (Å²) in [5.74, 6) is 0.890. The second-order valence-electron chi connectivity index (χ2n) is 6.65. The second-order valence-corrected chi connectivity index (χ2v) is 6.65. The van der Waals surface area contributed by atoms with E-state index in [-0.39, 0.29) is 12.1 Å². The summed E-state index contributed by atoms with van der Waals surface area (Å²) in [5.41, 5.74) is 0.415. The van der Waals surface area contributed by atoms with E-state index in [1.807, 2.05) is 26.0 Å². The number of aliphatic hydroxyl groups excluding tert-OH is 1. The van der Waals surface area contributed by atoms with Gasteiger partial charge in [-0.3, -0.25) is 0 Å². The Labute approximate surface area is 125 Å². The van der Waals surface area contributed by atoms with E-state index in [4.69, 9.17) is 4.74 Å². The van der Waals surface area contributed by atoms with Crippen LogP contribution in [-0.2, 0) is 0 Å². The number of benzene rings is 2. The van der Waals surface area contributed by atoms with Gasteiger partial charge in [-0.05, 0) is 19.2 Å². The highest BCUT2D eigenvalue weighted by atomic mass is 16.5. The lowest BCUT2D eigenvalue weighted by Crippen LogP contribution is -2.53. The highest BCUT2D eigenvalue weighted by Crippen LogP contribution is 2.43. The van der Waals surface area contributed by atoms with Crippen molar-refractivity contribution in [3.05, 3.63) is 42.0 Å². The van der Waals surface area contributed by atoms with Crippen LogP contribution in [0.3, 0.4) is 0 Å². The van der Waals surface area contributed by atoms with Crippen molar-refractivity contribution in [1.29, 1.82) is 0 Å². The van der Waals surface area contributed by atoms with Crippen molar-refractivity contribution in [2.45, 2.75) is 51.5 Å².